The van der Waals surface area contributed by atoms with Crippen LogP contribution in [0.3, 0.4) is 0 Å². The van der Waals surface area contributed by atoms with Gasteiger partial charge in [-0.2, -0.15) is 8.61 Å². The average molecular weight is 821 g/mol. The van der Waals surface area contributed by atoms with E-state index in [2.05, 4.69) is 37.0 Å². The van der Waals surface area contributed by atoms with Crippen molar-refractivity contribution in [3.05, 3.63) is 106 Å². The summed E-state index contributed by atoms with van der Waals surface area (Å²) in [6.45, 7) is 12.2. The molecule has 4 heterocycles. The van der Waals surface area contributed by atoms with Crippen molar-refractivity contribution in [1.82, 2.24) is 18.4 Å². The summed E-state index contributed by atoms with van der Waals surface area (Å²) in [5, 5.41) is 0. The molecule has 2 aromatic heterocycles. The van der Waals surface area contributed by atoms with Gasteiger partial charge in [-0.15, -0.1) is 34.6 Å². The maximum Gasteiger partial charge on any atom is 0.253 e. The fraction of sp³-hybridized carbons (Fsp3) is 0.333. The summed E-state index contributed by atoms with van der Waals surface area (Å²) in [6, 6.07) is 24.1. The molecule has 0 bridgehead atoms. The fourth-order valence-corrected chi connectivity index (χ4v) is 12.4. The van der Waals surface area contributed by atoms with Gasteiger partial charge >= 0.3 is 0 Å². The van der Waals surface area contributed by atoms with Crippen LogP contribution < -0.4 is 0 Å². The van der Waals surface area contributed by atoms with Crippen LogP contribution in [0.4, 0.5) is 0 Å². The predicted molar refractivity (Wildman–Crippen MR) is 218 cm³/mol. The molecule has 54 heavy (non-hydrogen) atoms. The van der Waals surface area contributed by atoms with Crippen LogP contribution >= 0.6 is 22.7 Å². The summed E-state index contributed by atoms with van der Waals surface area (Å²) >= 11 is 2.31. The zero-order chi connectivity index (χ0) is 39.3. The lowest BCUT2D eigenvalue weighted by Crippen LogP contribution is -2.55. The first-order valence-corrected chi connectivity index (χ1v) is 25.4. The highest BCUT2D eigenvalue weighted by atomic mass is 32.3. The molecular formula is C39H44N4O6S4Si. The van der Waals surface area contributed by atoms with Gasteiger partial charge in [0, 0.05) is 62.5 Å². The Morgan fingerprint density at radius 1 is 0.648 bits per heavy atom. The largest absolute Gasteiger partial charge is 0.336 e. The molecule has 284 valence electrons. The lowest BCUT2D eigenvalue weighted by molar-refractivity contribution is 0.0637. The Morgan fingerprint density at radius 2 is 1.06 bits per heavy atom. The number of hydrogen-bond acceptors (Lipinski definition) is 8. The summed E-state index contributed by atoms with van der Waals surface area (Å²) in [5.41, 5.74) is 4.51. The number of benzene rings is 2. The normalized spacial score (nSPS) is 18.4. The third-order valence-corrected chi connectivity index (χ3v) is 16.6. The van der Waals surface area contributed by atoms with Crippen LogP contribution in [0.1, 0.15) is 44.3 Å². The van der Waals surface area contributed by atoms with Crippen molar-refractivity contribution < 1.29 is 26.4 Å². The zero-order valence-corrected chi connectivity index (χ0v) is 35.2. The Kier molecular flexibility index (Phi) is 13.1. The Bertz CT molecular complexity index is 2290. The summed E-state index contributed by atoms with van der Waals surface area (Å²) in [5.74, 6) is 5.45. The fourth-order valence-electron chi connectivity index (χ4n) is 6.03. The number of carbonyl (C=O) groups excluding carboxylic acids is 2. The molecule has 0 saturated carbocycles. The molecule has 6 rings (SSSR count). The molecule has 0 aliphatic carbocycles. The van der Waals surface area contributed by atoms with Crippen molar-refractivity contribution in [3.63, 3.8) is 0 Å². The number of rotatable bonds is 6. The molecule has 15 heteroatoms. The predicted octanol–water partition coefficient (Wildman–Crippen LogP) is 5.78. The van der Waals surface area contributed by atoms with Crippen LogP contribution in [-0.2, 0) is 20.0 Å². The minimum Gasteiger partial charge on any atom is -0.336 e. The average Bonchev–Trinajstić information content (AvgIpc) is 3.85. The Morgan fingerprint density at radius 3 is 1.43 bits per heavy atom. The molecule has 2 atom stereocenters. The van der Waals surface area contributed by atoms with Gasteiger partial charge in [0.15, 0.2) is 0 Å². The van der Waals surface area contributed by atoms with E-state index < -0.39 is 28.1 Å². The van der Waals surface area contributed by atoms with E-state index >= 15 is 0 Å². The van der Waals surface area contributed by atoms with Crippen molar-refractivity contribution in [2.24, 2.45) is 0 Å². The van der Waals surface area contributed by atoms with Gasteiger partial charge in [0.1, 0.15) is 16.5 Å². The topological polar surface area (TPSA) is 115 Å². The number of amides is 2. The van der Waals surface area contributed by atoms with Crippen LogP contribution in [0, 0.1) is 23.8 Å². The second kappa shape index (κ2) is 17.2. The van der Waals surface area contributed by atoms with Crippen LogP contribution in [0.2, 0.25) is 19.6 Å². The summed E-state index contributed by atoms with van der Waals surface area (Å²) in [6.07, 6.45) is 5.33. The minimum absolute atomic E-state index is 0.0606. The van der Waals surface area contributed by atoms with E-state index in [1.54, 1.807) is 58.3 Å². The highest BCUT2D eigenvalue weighted by Gasteiger charge is 2.37. The van der Waals surface area contributed by atoms with Crippen molar-refractivity contribution >= 4 is 62.6 Å². The number of thiophene rings is 2. The van der Waals surface area contributed by atoms with Crippen LogP contribution in [0.25, 0.3) is 0 Å². The maximum atomic E-state index is 13.2. The Hall–Kier alpha value is -4.06. The van der Waals surface area contributed by atoms with Gasteiger partial charge in [0.05, 0.1) is 9.75 Å². The molecule has 0 spiro atoms. The first kappa shape index (κ1) is 41.1. The van der Waals surface area contributed by atoms with E-state index in [9.17, 15) is 26.4 Å². The first-order valence-electron chi connectivity index (χ1n) is 17.4. The third-order valence-electron chi connectivity index (χ3n) is 8.74. The molecule has 0 radical (unpaired) electrons. The first-order chi connectivity index (χ1) is 25.5. The Balaban J connectivity index is 0.000000210. The molecule has 2 saturated heterocycles. The Labute approximate surface area is 328 Å². The van der Waals surface area contributed by atoms with E-state index in [1.165, 1.54) is 19.9 Å². The standard InChI is InChI=1S/C21H26N2O3S2Si.C18H18N2O3S2/c1-17-16-22(21(24)18-8-6-5-7-9-18)13-14-23(17)28(25,26)20-11-10-19(27-20)12-15-29(2,3)4;1-3-16-9-10-17(24-16)25(22,23)20-12-11-19(13-14(20)2)18(21)15-7-5-4-6-8-15/h5-11,17H,13-14,16H2,1-4H3;1,4-10,14H,11-13H2,2H3/t17-;14-/m11/s1. The minimum atomic E-state index is -3.60. The molecule has 2 fully saturated rings. The van der Waals surface area contributed by atoms with E-state index in [-0.39, 0.29) is 41.2 Å². The van der Waals surface area contributed by atoms with E-state index in [0.717, 1.165) is 16.2 Å². The number of hydrogen-bond donors (Lipinski definition) is 0. The number of terminal acetylenes is 1. The number of piperazine rings is 2. The summed E-state index contributed by atoms with van der Waals surface area (Å²) in [4.78, 5) is 30.0. The summed E-state index contributed by atoms with van der Waals surface area (Å²) in [7, 11) is -8.71. The number of carbonyl (C=O) groups is 2. The van der Waals surface area contributed by atoms with Crippen LogP contribution in [0.5, 0.6) is 0 Å². The monoisotopic (exact) mass is 820 g/mol. The molecule has 2 aliphatic heterocycles. The van der Waals surface area contributed by atoms with E-state index in [0.29, 0.717) is 46.4 Å². The summed E-state index contributed by atoms with van der Waals surface area (Å²) < 4.78 is 55.5. The number of sulfonamides is 2. The van der Waals surface area contributed by atoms with Gasteiger partial charge < -0.3 is 9.80 Å². The van der Waals surface area contributed by atoms with Crippen molar-refractivity contribution in [1.29, 1.82) is 0 Å². The van der Waals surface area contributed by atoms with Crippen molar-refractivity contribution in [2.75, 3.05) is 39.3 Å². The van der Waals surface area contributed by atoms with E-state index in [1.807, 2.05) is 50.2 Å². The zero-order valence-electron chi connectivity index (χ0n) is 30.9. The molecule has 4 aromatic rings. The maximum absolute atomic E-state index is 13.2. The molecule has 0 N–H and O–H groups in total. The molecular weight excluding hydrogens is 777 g/mol. The molecule has 2 aliphatic rings. The molecule has 10 nitrogen and oxygen atoms in total. The van der Waals surface area contributed by atoms with Crippen molar-refractivity contribution in [2.45, 2.75) is 54.0 Å². The van der Waals surface area contributed by atoms with Crippen molar-refractivity contribution in [3.8, 4) is 23.8 Å². The number of nitrogens with zero attached hydrogens (tertiary/aromatic N) is 4. The molecule has 2 amide bonds. The van der Waals surface area contributed by atoms with Gasteiger partial charge in [-0.1, -0.05) is 67.9 Å². The lowest BCUT2D eigenvalue weighted by Gasteiger charge is -2.38. The smallest absolute Gasteiger partial charge is 0.253 e. The highest BCUT2D eigenvalue weighted by molar-refractivity contribution is 7.91. The van der Waals surface area contributed by atoms with E-state index in [4.69, 9.17) is 6.42 Å². The van der Waals surface area contributed by atoms with Gasteiger partial charge in [-0.05, 0) is 62.4 Å². The lowest BCUT2D eigenvalue weighted by atomic mass is 10.1. The van der Waals surface area contributed by atoms with Gasteiger partial charge in [0.2, 0.25) is 0 Å². The SMILES string of the molecule is C#Cc1ccc(S(=O)(=O)N2CCN(C(=O)c3ccccc3)C[C@H]2C)s1.C[C@@H]1CN(C(=O)c2ccccc2)CCN1S(=O)(=O)c1ccc(C#C[Si](C)(C)C)s1. The van der Waals surface area contributed by atoms with Gasteiger partial charge in [-0.3, -0.25) is 9.59 Å². The van der Waals surface area contributed by atoms with Gasteiger partial charge in [0.25, 0.3) is 31.9 Å². The molecule has 0 unspecified atom stereocenters. The third kappa shape index (κ3) is 9.78. The molecule has 2 aromatic carbocycles. The second-order valence-corrected chi connectivity index (χ2v) is 25.2. The van der Waals surface area contributed by atoms with Crippen LogP contribution in [-0.4, -0.2) is 106 Å². The highest BCUT2D eigenvalue weighted by Crippen LogP contribution is 2.29. The van der Waals surface area contributed by atoms with Gasteiger partial charge in [-0.25, -0.2) is 16.8 Å². The second-order valence-electron chi connectivity index (χ2n) is 14.0. The quantitative estimate of drug-likeness (QED) is 0.180. The van der Waals surface area contributed by atoms with Crippen LogP contribution in [0.15, 0.2) is 93.3 Å².